The fraction of sp³-hybridized carbons (Fsp3) is 0.741. The maximum atomic E-state index is 13.0. The Balaban J connectivity index is 1.27. The van der Waals surface area contributed by atoms with E-state index in [2.05, 4.69) is 35.8 Å². The Hall–Kier alpha value is -1.83. The lowest BCUT2D eigenvalue weighted by atomic mass is 9.49. The van der Waals surface area contributed by atoms with Crippen LogP contribution in [0.2, 0.25) is 0 Å². The molecule has 4 fully saturated rings. The first-order valence-corrected chi connectivity index (χ1v) is 12.8. The average Bonchev–Trinajstić information content (AvgIpc) is 3.12. The van der Waals surface area contributed by atoms with Gasteiger partial charge in [-0.25, -0.2) is 0 Å². The number of nitrogens with zero attached hydrogens (tertiary/aromatic N) is 2. The molecule has 34 heavy (non-hydrogen) atoms. The number of carbonyl (C=O) groups is 1. The highest BCUT2D eigenvalue weighted by atomic mass is 16.6. The smallest absolute Gasteiger partial charge is 0.310 e. The van der Waals surface area contributed by atoms with Crippen molar-refractivity contribution in [3.05, 3.63) is 24.3 Å². The zero-order valence-corrected chi connectivity index (χ0v) is 21.1. The summed E-state index contributed by atoms with van der Waals surface area (Å²) in [6.07, 6.45) is 4.01. The van der Waals surface area contributed by atoms with Crippen molar-refractivity contribution < 1.29 is 24.1 Å². The quantitative estimate of drug-likeness (QED) is 0.661. The molecule has 1 aromatic carbocycles. The molecule has 0 amide bonds. The third kappa shape index (κ3) is 3.71. The number of anilines is 1. The van der Waals surface area contributed by atoms with Crippen LogP contribution in [0.1, 0.15) is 46.0 Å². The molecule has 1 N–H and O–H groups in total. The first kappa shape index (κ1) is 23.9. The summed E-state index contributed by atoms with van der Waals surface area (Å²) in [5.74, 6) is 0.627. The average molecular weight is 473 g/mol. The van der Waals surface area contributed by atoms with Crippen molar-refractivity contribution in [2.75, 3.05) is 51.8 Å². The fourth-order valence-corrected chi connectivity index (χ4v) is 7.37. The summed E-state index contributed by atoms with van der Waals surface area (Å²) in [5.41, 5.74) is -0.673. The van der Waals surface area contributed by atoms with E-state index in [1.54, 1.807) is 14.2 Å². The minimum absolute atomic E-state index is 0.0366. The predicted octanol–water partition coefficient (Wildman–Crippen LogP) is 3.10. The van der Waals surface area contributed by atoms with Gasteiger partial charge in [0.2, 0.25) is 0 Å². The van der Waals surface area contributed by atoms with Crippen LogP contribution in [-0.4, -0.2) is 80.2 Å². The molecule has 2 aliphatic heterocycles. The van der Waals surface area contributed by atoms with Gasteiger partial charge in [0.05, 0.1) is 24.2 Å². The molecule has 0 unspecified atom stereocenters. The van der Waals surface area contributed by atoms with E-state index in [0.29, 0.717) is 13.0 Å². The van der Waals surface area contributed by atoms with Crippen molar-refractivity contribution in [3.63, 3.8) is 0 Å². The zero-order chi connectivity index (χ0) is 24.1. The minimum atomic E-state index is -0.953. The van der Waals surface area contributed by atoms with Crippen molar-refractivity contribution in [1.82, 2.24) is 4.90 Å². The minimum Gasteiger partial charge on any atom is -0.497 e. The Morgan fingerprint density at radius 2 is 1.88 bits per heavy atom. The molecule has 0 radical (unpaired) electrons. The molecule has 7 heteroatoms. The van der Waals surface area contributed by atoms with Crippen LogP contribution in [0.5, 0.6) is 5.75 Å². The Bertz CT molecular complexity index is 918. The monoisotopic (exact) mass is 472 g/mol. The van der Waals surface area contributed by atoms with Gasteiger partial charge < -0.3 is 24.2 Å². The lowest BCUT2D eigenvalue weighted by Gasteiger charge is -2.62. The number of fused-ring (bicyclic) bond motifs is 2. The topological polar surface area (TPSA) is 71.5 Å². The highest BCUT2D eigenvalue weighted by molar-refractivity contribution is 5.75. The van der Waals surface area contributed by atoms with Gasteiger partial charge >= 0.3 is 5.97 Å². The number of benzene rings is 1. The van der Waals surface area contributed by atoms with E-state index < -0.39 is 11.2 Å². The van der Waals surface area contributed by atoms with Gasteiger partial charge in [-0.2, -0.15) is 0 Å². The lowest BCUT2D eigenvalue weighted by molar-refractivity contribution is -0.270. The number of rotatable bonds is 5. The second kappa shape index (κ2) is 8.68. The molecule has 6 atom stereocenters. The normalized spacial score (nSPS) is 40.4. The van der Waals surface area contributed by atoms with Crippen LogP contribution in [0.15, 0.2) is 24.3 Å². The van der Waals surface area contributed by atoms with Gasteiger partial charge in [0.1, 0.15) is 11.9 Å². The Labute approximate surface area is 203 Å². The summed E-state index contributed by atoms with van der Waals surface area (Å²) in [6, 6.07) is 8.18. The van der Waals surface area contributed by atoms with Gasteiger partial charge in [0, 0.05) is 62.9 Å². The number of hydrogen-bond donors (Lipinski definition) is 1. The first-order valence-electron chi connectivity index (χ1n) is 12.8. The van der Waals surface area contributed by atoms with Crippen molar-refractivity contribution in [2.24, 2.45) is 17.3 Å². The predicted molar refractivity (Wildman–Crippen MR) is 130 cm³/mol. The van der Waals surface area contributed by atoms with Crippen LogP contribution in [0.3, 0.4) is 0 Å². The van der Waals surface area contributed by atoms with Gasteiger partial charge in [-0.15, -0.1) is 0 Å². The van der Waals surface area contributed by atoms with E-state index in [1.807, 2.05) is 12.1 Å². The van der Waals surface area contributed by atoms with Gasteiger partial charge in [0.25, 0.3) is 0 Å². The second-order valence-electron chi connectivity index (χ2n) is 11.4. The number of carbonyl (C=O) groups excluding carboxylic acids is 1. The van der Waals surface area contributed by atoms with Crippen molar-refractivity contribution >= 4 is 11.7 Å². The summed E-state index contributed by atoms with van der Waals surface area (Å²) in [6.45, 7) is 8.53. The SMILES string of the molecule is COc1cccc(N2CCN(C[C@H]3C(=O)O[C@@H]4C[C@@]5(C)CCC[C@@](C)(OC)[C@@]5(O)C[C@@H]43)CC2)c1. The number of methoxy groups -OCH3 is 2. The highest BCUT2D eigenvalue weighted by Gasteiger charge is 2.67. The Kier molecular flexibility index (Phi) is 6.10. The van der Waals surface area contributed by atoms with Crippen LogP contribution < -0.4 is 9.64 Å². The van der Waals surface area contributed by atoms with E-state index in [1.165, 1.54) is 5.69 Å². The molecule has 188 valence electrons. The van der Waals surface area contributed by atoms with Crippen LogP contribution >= 0.6 is 0 Å². The number of hydrogen-bond acceptors (Lipinski definition) is 7. The molecule has 0 bridgehead atoms. The number of esters is 1. The van der Waals surface area contributed by atoms with Crippen molar-refractivity contribution in [2.45, 2.75) is 63.3 Å². The van der Waals surface area contributed by atoms with Gasteiger partial charge in [-0.05, 0) is 51.2 Å². The maximum absolute atomic E-state index is 13.0. The molecule has 4 aliphatic rings. The van der Waals surface area contributed by atoms with Crippen molar-refractivity contribution in [3.8, 4) is 5.75 Å². The number of aliphatic hydroxyl groups is 1. The molecule has 5 rings (SSSR count). The van der Waals surface area contributed by atoms with E-state index in [4.69, 9.17) is 14.2 Å². The van der Waals surface area contributed by atoms with Crippen molar-refractivity contribution in [1.29, 1.82) is 0 Å². The zero-order valence-electron chi connectivity index (χ0n) is 21.1. The maximum Gasteiger partial charge on any atom is 0.310 e. The van der Waals surface area contributed by atoms with E-state index in [9.17, 15) is 9.90 Å². The van der Waals surface area contributed by atoms with E-state index in [0.717, 1.165) is 57.6 Å². The molecule has 2 saturated carbocycles. The fourth-order valence-electron chi connectivity index (χ4n) is 7.37. The molecular weight excluding hydrogens is 432 g/mol. The molecule has 0 aromatic heterocycles. The molecule has 7 nitrogen and oxygen atoms in total. The van der Waals surface area contributed by atoms with Crippen LogP contribution in [0.25, 0.3) is 0 Å². The van der Waals surface area contributed by atoms with Crippen LogP contribution in [0.4, 0.5) is 5.69 Å². The summed E-state index contributed by atoms with van der Waals surface area (Å²) in [4.78, 5) is 17.8. The third-order valence-corrected chi connectivity index (χ3v) is 9.70. The molecule has 2 saturated heterocycles. The van der Waals surface area contributed by atoms with Gasteiger partial charge in [-0.3, -0.25) is 9.69 Å². The summed E-state index contributed by atoms with van der Waals surface area (Å²) in [5, 5.41) is 12.1. The van der Waals surface area contributed by atoms with Gasteiger partial charge in [0.15, 0.2) is 0 Å². The molecule has 1 aromatic rings. The largest absolute Gasteiger partial charge is 0.497 e. The third-order valence-electron chi connectivity index (χ3n) is 9.70. The highest BCUT2D eigenvalue weighted by Crippen LogP contribution is 2.61. The van der Waals surface area contributed by atoms with E-state index >= 15 is 0 Å². The molecule has 2 heterocycles. The number of ether oxygens (including phenoxy) is 3. The standard InChI is InChI=1S/C27H40N2O5/c1-25-9-6-10-26(2,33-4)27(25,31)16-21-22(24(30)34-23(21)17-25)18-28-11-13-29(14-12-28)19-7-5-8-20(15-19)32-3/h5,7-8,15,21-23,31H,6,9-14,16-18H2,1-4H3/t21-,22-,23-,25-,26-,27-/m1/s1. The Morgan fingerprint density at radius 1 is 1.12 bits per heavy atom. The lowest BCUT2D eigenvalue weighted by Crippen LogP contribution is -2.69. The van der Waals surface area contributed by atoms with Crippen LogP contribution in [-0.2, 0) is 14.3 Å². The second-order valence-corrected chi connectivity index (χ2v) is 11.4. The molecular formula is C27H40N2O5. The summed E-state index contributed by atoms with van der Waals surface area (Å²) >= 11 is 0. The molecule has 2 aliphatic carbocycles. The van der Waals surface area contributed by atoms with E-state index in [-0.39, 0.29) is 29.3 Å². The summed E-state index contributed by atoms with van der Waals surface area (Å²) < 4.78 is 17.3. The number of piperazine rings is 1. The van der Waals surface area contributed by atoms with Crippen LogP contribution in [0, 0.1) is 17.3 Å². The molecule has 0 spiro atoms. The van der Waals surface area contributed by atoms with Gasteiger partial charge in [-0.1, -0.05) is 13.0 Å². The summed E-state index contributed by atoms with van der Waals surface area (Å²) in [7, 11) is 3.41. The first-order chi connectivity index (χ1) is 16.2. The Morgan fingerprint density at radius 3 is 2.59 bits per heavy atom.